The smallest absolute Gasteiger partial charge is 0.257 e. The Morgan fingerprint density at radius 3 is 2.87 bits per heavy atom. The summed E-state index contributed by atoms with van der Waals surface area (Å²) in [6.07, 6.45) is 2.36. The predicted octanol–water partition coefficient (Wildman–Crippen LogP) is 0.527. The SMILES string of the molecule is Cc1[nH]ncc1C(=O)N(C)C(C)CCN. The van der Waals surface area contributed by atoms with Crippen molar-refractivity contribution in [3.05, 3.63) is 17.5 Å². The van der Waals surface area contributed by atoms with Crippen molar-refractivity contribution in [2.75, 3.05) is 13.6 Å². The van der Waals surface area contributed by atoms with Gasteiger partial charge in [-0.2, -0.15) is 5.10 Å². The van der Waals surface area contributed by atoms with Crippen LogP contribution in [0.15, 0.2) is 6.20 Å². The van der Waals surface area contributed by atoms with Gasteiger partial charge in [0.2, 0.25) is 0 Å². The van der Waals surface area contributed by atoms with Gasteiger partial charge < -0.3 is 10.6 Å². The molecule has 3 N–H and O–H groups in total. The highest BCUT2D eigenvalue weighted by Crippen LogP contribution is 2.10. The van der Waals surface area contributed by atoms with E-state index < -0.39 is 0 Å². The summed E-state index contributed by atoms with van der Waals surface area (Å²) in [4.78, 5) is 13.7. The van der Waals surface area contributed by atoms with Gasteiger partial charge in [0.1, 0.15) is 0 Å². The largest absolute Gasteiger partial charge is 0.339 e. The van der Waals surface area contributed by atoms with E-state index in [9.17, 15) is 4.79 Å². The number of aromatic nitrogens is 2. The van der Waals surface area contributed by atoms with E-state index in [-0.39, 0.29) is 11.9 Å². The third kappa shape index (κ3) is 2.56. The number of hydrogen-bond acceptors (Lipinski definition) is 3. The molecule has 1 aromatic rings. The van der Waals surface area contributed by atoms with Crippen molar-refractivity contribution in [2.45, 2.75) is 26.3 Å². The Kier molecular flexibility index (Phi) is 3.85. The van der Waals surface area contributed by atoms with Crippen molar-refractivity contribution >= 4 is 5.91 Å². The van der Waals surface area contributed by atoms with Crippen LogP contribution in [0.5, 0.6) is 0 Å². The minimum Gasteiger partial charge on any atom is -0.339 e. The van der Waals surface area contributed by atoms with Gasteiger partial charge in [0.15, 0.2) is 0 Å². The average Bonchev–Trinajstić information content (AvgIpc) is 2.62. The molecule has 84 valence electrons. The van der Waals surface area contributed by atoms with E-state index in [1.54, 1.807) is 18.1 Å². The van der Waals surface area contributed by atoms with Crippen LogP contribution in [0.4, 0.5) is 0 Å². The number of nitrogens with two attached hydrogens (primary N) is 1. The molecule has 1 aromatic heterocycles. The van der Waals surface area contributed by atoms with Crippen molar-refractivity contribution in [3.63, 3.8) is 0 Å². The second kappa shape index (κ2) is 4.93. The summed E-state index contributed by atoms with van der Waals surface area (Å²) in [5, 5.41) is 6.59. The quantitative estimate of drug-likeness (QED) is 0.761. The van der Waals surface area contributed by atoms with Crippen molar-refractivity contribution in [1.82, 2.24) is 15.1 Å². The van der Waals surface area contributed by atoms with Gasteiger partial charge in [-0.1, -0.05) is 0 Å². The van der Waals surface area contributed by atoms with E-state index in [1.165, 1.54) is 0 Å². The number of carbonyl (C=O) groups is 1. The number of nitrogens with one attached hydrogen (secondary N) is 1. The molecule has 0 aliphatic carbocycles. The zero-order valence-electron chi connectivity index (χ0n) is 9.45. The summed E-state index contributed by atoms with van der Waals surface area (Å²) in [6.45, 7) is 4.41. The minimum absolute atomic E-state index is 0.0119. The molecule has 5 nitrogen and oxygen atoms in total. The first-order chi connectivity index (χ1) is 7.07. The van der Waals surface area contributed by atoms with Gasteiger partial charge in [-0.25, -0.2) is 0 Å². The molecule has 0 fully saturated rings. The molecule has 1 unspecified atom stereocenters. The molecule has 1 amide bonds. The van der Waals surface area contributed by atoms with Gasteiger partial charge in [-0.05, 0) is 26.8 Å². The zero-order valence-corrected chi connectivity index (χ0v) is 9.45. The zero-order chi connectivity index (χ0) is 11.4. The molecule has 15 heavy (non-hydrogen) atoms. The molecule has 0 saturated carbocycles. The normalized spacial score (nSPS) is 12.5. The predicted molar refractivity (Wildman–Crippen MR) is 58.6 cm³/mol. The number of amides is 1. The lowest BCUT2D eigenvalue weighted by Gasteiger charge is -2.24. The van der Waals surface area contributed by atoms with E-state index >= 15 is 0 Å². The lowest BCUT2D eigenvalue weighted by Crippen LogP contribution is -2.36. The number of hydrogen-bond donors (Lipinski definition) is 2. The molecule has 0 bridgehead atoms. The third-order valence-electron chi connectivity index (χ3n) is 2.63. The maximum atomic E-state index is 12.0. The van der Waals surface area contributed by atoms with Crippen molar-refractivity contribution < 1.29 is 4.79 Å². The lowest BCUT2D eigenvalue weighted by molar-refractivity contribution is 0.0738. The van der Waals surface area contributed by atoms with Crippen LogP contribution in [0.1, 0.15) is 29.4 Å². The molecule has 0 spiro atoms. The number of H-pyrrole nitrogens is 1. The van der Waals surface area contributed by atoms with E-state index in [4.69, 9.17) is 5.73 Å². The molecule has 5 heteroatoms. The van der Waals surface area contributed by atoms with Crippen molar-refractivity contribution in [2.24, 2.45) is 5.73 Å². The Morgan fingerprint density at radius 2 is 2.40 bits per heavy atom. The fourth-order valence-corrected chi connectivity index (χ4v) is 1.39. The molecule has 1 rings (SSSR count). The number of aromatic amines is 1. The minimum atomic E-state index is -0.0119. The Labute approximate surface area is 89.6 Å². The van der Waals surface area contributed by atoms with Crippen LogP contribution in [0, 0.1) is 6.92 Å². The monoisotopic (exact) mass is 210 g/mol. The van der Waals surface area contributed by atoms with Gasteiger partial charge in [-0.3, -0.25) is 9.89 Å². The molecule has 0 radical (unpaired) electrons. The maximum absolute atomic E-state index is 12.0. The Hall–Kier alpha value is -1.36. The van der Waals surface area contributed by atoms with Gasteiger partial charge >= 0.3 is 0 Å². The first kappa shape index (κ1) is 11.7. The molecule has 1 atom stereocenters. The summed E-state index contributed by atoms with van der Waals surface area (Å²) >= 11 is 0. The van der Waals surface area contributed by atoms with Crippen LogP contribution in [-0.2, 0) is 0 Å². The third-order valence-corrected chi connectivity index (χ3v) is 2.63. The van der Waals surface area contributed by atoms with Crippen molar-refractivity contribution in [3.8, 4) is 0 Å². The van der Waals surface area contributed by atoms with Crippen LogP contribution >= 0.6 is 0 Å². The van der Waals surface area contributed by atoms with E-state index in [0.717, 1.165) is 12.1 Å². The first-order valence-corrected chi connectivity index (χ1v) is 5.05. The molecule has 0 aromatic carbocycles. The summed E-state index contributed by atoms with van der Waals surface area (Å²) in [5.74, 6) is -0.0119. The van der Waals surface area contributed by atoms with Crippen LogP contribution < -0.4 is 5.73 Å². The molecule has 1 heterocycles. The fourth-order valence-electron chi connectivity index (χ4n) is 1.39. The standard InChI is InChI=1S/C10H18N4O/c1-7(4-5-11)14(3)10(15)9-6-12-13-8(9)2/h6-7H,4-5,11H2,1-3H3,(H,12,13). The fraction of sp³-hybridized carbons (Fsp3) is 0.600. The number of nitrogens with zero attached hydrogens (tertiary/aromatic N) is 2. The van der Waals surface area contributed by atoms with Gasteiger partial charge in [0.25, 0.3) is 5.91 Å². The van der Waals surface area contributed by atoms with Gasteiger partial charge in [0, 0.05) is 18.8 Å². The van der Waals surface area contributed by atoms with Crippen LogP contribution in [0.25, 0.3) is 0 Å². The van der Waals surface area contributed by atoms with Gasteiger partial charge in [0.05, 0.1) is 11.8 Å². The average molecular weight is 210 g/mol. The number of carbonyl (C=O) groups excluding carboxylic acids is 1. The summed E-state index contributed by atoms with van der Waals surface area (Å²) in [5.41, 5.74) is 6.88. The highest BCUT2D eigenvalue weighted by atomic mass is 16.2. The van der Waals surface area contributed by atoms with Crippen LogP contribution in [0.3, 0.4) is 0 Å². The highest BCUT2D eigenvalue weighted by Gasteiger charge is 2.19. The molecular formula is C10H18N4O. The van der Waals surface area contributed by atoms with E-state index in [1.807, 2.05) is 13.8 Å². The second-order valence-corrected chi connectivity index (χ2v) is 3.75. The number of aryl methyl sites for hydroxylation is 1. The number of rotatable bonds is 4. The summed E-state index contributed by atoms with van der Waals surface area (Å²) in [6, 6.07) is 0.150. The Bertz CT molecular complexity index is 334. The first-order valence-electron chi connectivity index (χ1n) is 5.05. The van der Waals surface area contributed by atoms with Gasteiger partial charge in [-0.15, -0.1) is 0 Å². The van der Waals surface area contributed by atoms with Crippen LogP contribution in [0.2, 0.25) is 0 Å². The van der Waals surface area contributed by atoms with E-state index in [0.29, 0.717) is 12.1 Å². The molecule has 0 aliphatic heterocycles. The maximum Gasteiger partial charge on any atom is 0.257 e. The van der Waals surface area contributed by atoms with Crippen LogP contribution in [-0.4, -0.2) is 40.6 Å². The Morgan fingerprint density at radius 1 is 1.73 bits per heavy atom. The molecule has 0 saturated heterocycles. The molecular weight excluding hydrogens is 192 g/mol. The lowest BCUT2D eigenvalue weighted by atomic mass is 10.1. The molecule has 0 aliphatic rings. The summed E-state index contributed by atoms with van der Waals surface area (Å²) < 4.78 is 0. The van der Waals surface area contributed by atoms with E-state index in [2.05, 4.69) is 10.2 Å². The topological polar surface area (TPSA) is 75.0 Å². The van der Waals surface area contributed by atoms with Crippen molar-refractivity contribution in [1.29, 1.82) is 0 Å². The second-order valence-electron chi connectivity index (χ2n) is 3.75. The highest BCUT2D eigenvalue weighted by molar-refractivity contribution is 5.95. The summed E-state index contributed by atoms with van der Waals surface area (Å²) in [7, 11) is 1.79. The Balaban J connectivity index is 2.73.